The molecule has 0 amide bonds. The Balaban J connectivity index is 1.68. The van der Waals surface area contributed by atoms with Gasteiger partial charge in [-0.15, -0.1) is 0 Å². The van der Waals surface area contributed by atoms with E-state index in [-0.39, 0.29) is 0 Å². The molecule has 0 unspecified atom stereocenters. The van der Waals surface area contributed by atoms with Gasteiger partial charge in [0.2, 0.25) is 0 Å². The smallest absolute Gasteiger partial charge is 0.143 e. The molecule has 0 atom stereocenters. The SMILES string of the molecule is [2H]c1cc(-c2c([2H])c([2H])c([2H])c([2H])c2[2H])c(-c2c3c([2H])c([2H])c([2H])c([2H])c3c(-c3c([2H])c([2H])c([2H])c4oc5c6c([2H])c([2H])c([2H])c([2H])c6c([2H])c([2H])c5c34)c3c([2H])c([2H])c([2H])c([2H])c23)c([2H])c1[2H]. The Kier molecular flexibility index (Phi) is 2.19. The van der Waals surface area contributed by atoms with Crippen molar-refractivity contribution in [2.75, 3.05) is 0 Å². The molecule has 0 aliphatic heterocycles. The largest absolute Gasteiger partial charge is 0.455 e. The van der Waals surface area contributed by atoms with Crippen LogP contribution in [-0.4, -0.2) is 0 Å². The van der Waals surface area contributed by atoms with Gasteiger partial charge in [0.25, 0.3) is 0 Å². The fourth-order valence-electron chi connectivity index (χ4n) is 5.41. The molecule has 200 valence electrons. The lowest BCUT2D eigenvalue weighted by Crippen LogP contribution is -1.93. The quantitative estimate of drug-likeness (QED) is 0.192. The second-order valence-electron chi connectivity index (χ2n) is 9.34. The zero-order valence-corrected chi connectivity index (χ0v) is 21.5. The molecule has 9 aromatic rings. The Bertz CT molecular complexity index is 3800. The van der Waals surface area contributed by atoms with Gasteiger partial charge in [0.1, 0.15) is 11.2 Å². The summed E-state index contributed by atoms with van der Waals surface area (Å²) in [4.78, 5) is 0. The van der Waals surface area contributed by atoms with E-state index in [9.17, 15) is 9.60 Å². The molecule has 0 radical (unpaired) electrons. The fraction of sp³-hybridized carbons (Fsp3) is 0. The van der Waals surface area contributed by atoms with Gasteiger partial charge in [-0.05, 0) is 72.4 Å². The first-order chi connectivity index (χ1) is 31.7. The molecule has 0 aliphatic carbocycles. The van der Waals surface area contributed by atoms with Crippen molar-refractivity contribution >= 4 is 54.3 Å². The molecule has 0 saturated carbocycles. The summed E-state index contributed by atoms with van der Waals surface area (Å²) < 4.78 is 229. The third-order valence-corrected chi connectivity index (χ3v) is 7.14. The minimum absolute atomic E-state index is 0.437. The van der Waals surface area contributed by atoms with Crippen LogP contribution in [0.5, 0.6) is 0 Å². The van der Waals surface area contributed by atoms with Gasteiger partial charge in [-0.2, -0.15) is 0 Å². The summed E-state index contributed by atoms with van der Waals surface area (Å²) in [6.07, 6.45) is 0. The van der Waals surface area contributed by atoms with E-state index in [1.165, 1.54) is 0 Å². The van der Waals surface area contributed by atoms with Crippen molar-refractivity contribution in [3.05, 3.63) is 157 Å². The number of rotatable bonds is 3. The second kappa shape index (κ2) is 9.44. The molecule has 1 heteroatoms. The molecule has 0 bridgehead atoms. The highest BCUT2D eigenvalue weighted by molar-refractivity contribution is 6.27. The lowest BCUT2D eigenvalue weighted by atomic mass is 9.83. The normalized spacial score (nSPS) is 19.9. The lowest BCUT2D eigenvalue weighted by molar-refractivity contribution is 0.673. The summed E-state index contributed by atoms with van der Waals surface area (Å²) >= 11 is 0. The molecular weight excluding hydrogens is 520 g/mol. The first kappa shape index (κ1) is 9.97. The summed E-state index contributed by atoms with van der Waals surface area (Å²) in [6, 6.07) is -20.9. The minimum Gasteiger partial charge on any atom is -0.455 e. The zero-order valence-electron chi connectivity index (χ0n) is 46.5. The molecule has 0 fully saturated rings. The van der Waals surface area contributed by atoms with Crippen LogP contribution in [0.4, 0.5) is 0 Å². The van der Waals surface area contributed by atoms with Crippen LogP contribution < -0.4 is 0 Å². The van der Waals surface area contributed by atoms with E-state index in [1.807, 2.05) is 0 Å². The molecule has 0 aliphatic rings. The highest BCUT2D eigenvalue weighted by Gasteiger charge is 2.21. The van der Waals surface area contributed by atoms with Crippen LogP contribution >= 0.6 is 0 Å². The van der Waals surface area contributed by atoms with Gasteiger partial charge < -0.3 is 4.42 Å². The summed E-state index contributed by atoms with van der Waals surface area (Å²) in [7, 11) is 0. The van der Waals surface area contributed by atoms with Crippen LogP contribution in [0.3, 0.4) is 0 Å². The van der Waals surface area contributed by atoms with E-state index < -0.39 is 239 Å². The van der Waals surface area contributed by atoms with Gasteiger partial charge in [-0.1, -0.05) is 145 Å². The fourth-order valence-corrected chi connectivity index (χ4v) is 5.41. The Morgan fingerprint density at radius 2 is 0.977 bits per heavy atom. The van der Waals surface area contributed by atoms with Crippen LogP contribution in [0.2, 0.25) is 0 Å². The Morgan fingerprint density at radius 1 is 0.395 bits per heavy atom. The molecule has 1 aromatic heterocycles. The maximum Gasteiger partial charge on any atom is 0.143 e. The van der Waals surface area contributed by atoms with E-state index in [1.54, 1.807) is 0 Å². The van der Waals surface area contributed by atoms with Gasteiger partial charge in [-0.3, -0.25) is 0 Å². The van der Waals surface area contributed by atoms with Crippen molar-refractivity contribution in [3.63, 3.8) is 0 Å². The highest BCUT2D eigenvalue weighted by atomic mass is 16.3. The van der Waals surface area contributed by atoms with Crippen LogP contribution in [0, 0.1) is 0 Å². The minimum atomic E-state index is -0.964. The highest BCUT2D eigenvalue weighted by Crippen LogP contribution is 2.48. The summed E-state index contributed by atoms with van der Waals surface area (Å²) in [5.41, 5.74) is -4.95. The molecule has 0 N–H and O–H groups in total. The standard InChI is InChI=1S/C42H26O/c1-2-13-27(14-3-1)29-16-6-7-18-31(29)39-32-19-8-10-21-34(32)40(35-22-11-9-20-33(35)39)36-23-12-24-38-41(36)37-26-25-28-15-4-5-17-30(28)42(37)43-38/h1-26H/i1D,2D,3D,4D,5D,6D,7D,8D,9D,10D,11D,12D,13D,14D,15D,17D,18D,19D,20D,21D,22D,23D,24D,25D,26D. The van der Waals surface area contributed by atoms with E-state index in [2.05, 4.69) is 0 Å². The molecule has 8 aromatic carbocycles. The van der Waals surface area contributed by atoms with E-state index in [4.69, 9.17) is 29.1 Å². The molecule has 43 heavy (non-hydrogen) atoms. The molecule has 0 saturated heterocycles. The van der Waals surface area contributed by atoms with Crippen LogP contribution in [0.25, 0.3) is 87.6 Å². The second-order valence-corrected chi connectivity index (χ2v) is 9.34. The molecular formula is C42H26O. The van der Waals surface area contributed by atoms with Gasteiger partial charge in [0.05, 0.1) is 34.3 Å². The van der Waals surface area contributed by atoms with Crippen molar-refractivity contribution in [2.24, 2.45) is 0 Å². The van der Waals surface area contributed by atoms with Crippen molar-refractivity contribution < 1.29 is 38.7 Å². The van der Waals surface area contributed by atoms with E-state index >= 15 is 0 Å². The first-order valence-electron chi connectivity index (χ1n) is 25.2. The van der Waals surface area contributed by atoms with Gasteiger partial charge >= 0.3 is 0 Å². The first-order valence-corrected chi connectivity index (χ1v) is 12.7. The molecule has 9 rings (SSSR count). The Hall–Kier alpha value is -5.66. The van der Waals surface area contributed by atoms with Crippen molar-refractivity contribution in [1.82, 2.24) is 0 Å². The van der Waals surface area contributed by atoms with Gasteiger partial charge in [0.15, 0.2) is 0 Å². The van der Waals surface area contributed by atoms with Gasteiger partial charge in [0, 0.05) is 16.2 Å². The average molecular weight is 572 g/mol. The number of furan rings is 1. The van der Waals surface area contributed by atoms with Crippen LogP contribution in [0.1, 0.15) is 34.3 Å². The molecule has 1 nitrogen and oxygen atoms in total. The molecule has 1 heterocycles. The van der Waals surface area contributed by atoms with E-state index in [0.29, 0.717) is 0 Å². The van der Waals surface area contributed by atoms with Crippen molar-refractivity contribution in [2.45, 2.75) is 0 Å². The van der Waals surface area contributed by atoms with Crippen molar-refractivity contribution in [1.29, 1.82) is 0 Å². The summed E-state index contributed by atoms with van der Waals surface area (Å²) in [5, 5.41) is -4.61. The topological polar surface area (TPSA) is 13.1 Å². The lowest BCUT2D eigenvalue weighted by Gasteiger charge is -2.20. The number of hydrogen-bond acceptors (Lipinski definition) is 1. The Labute approximate surface area is 284 Å². The number of fused-ring (bicyclic) bond motifs is 7. The maximum absolute atomic E-state index is 9.51. The Morgan fingerprint density at radius 3 is 1.70 bits per heavy atom. The van der Waals surface area contributed by atoms with Crippen molar-refractivity contribution in [3.8, 4) is 33.4 Å². The third kappa shape index (κ3) is 3.58. The van der Waals surface area contributed by atoms with Crippen LogP contribution in [-0.2, 0) is 0 Å². The maximum atomic E-state index is 9.51. The predicted octanol–water partition coefficient (Wildman–Crippen LogP) is 12.0. The molecule has 0 spiro atoms. The summed E-state index contributed by atoms with van der Waals surface area (Å²) in [6.45, 7) is 0. The third-order valence-electron chi connectivity index (χ3n) is 7.14. The summed E-state index contributed by atoms with van der Waals surface area (Å²) in [5.74, 6) is 0. The monoisotopic (exact) mass is 571 g/mol. The average Bonchev–Trinajstić information content (AvgIpc) is 3.70. The van der Waals surface area contributed by atoms with Crippen LogP contribution in [0.15, 0.2) is 162 Å². The predicted molar refractivity (Wildman–Crippen MR) is 183 cm³/mol. The van der Waals surface area contributed by atoms with E-state index in [0.717, 1.165) is 6.07 Å². The number of hydrogen-bond donors (Lipinski definition) is 0. The zero-order chi connectivity index (χ0) is 50.1. The van der Waals surface area contributed by atoms with Gasteiger partial charge in [-0.25, -0.2) is 0 Å². The number of benzene rings is 8.